The summed E-state index contributed by atoms with van der Waals surface area (Å²) in [6, 6.07) is 79.5. The molecule has 0 aliphatic rings. The normalized spacial score (nSPS) is 11.5. The maximum absolute atomic E-state index is 4.96. The summed E-state index contributed by atoms with van der Waals surface area (Å²) in [5.74, 6) is 1.94. The third-order valence-electron chi connectivity index (χ3n) is 12.0. The van der Waals surface area contributed by atoms with E-state index < -0.39 is 0 Å². The fourth-order valence-corrected chi connectivity index (χ4v) is 9.01. The van der Waals surface area contributed by atoms with E-state index in [0.29, 0.717) is 17.5 Å². The highest BCUT2D eigenvalue weighted by Gasteiger charge is 2.17. The monoisotopic (exact) mass is 791 g/mol. The number of para-hydroxylation sites is 3. The Morgan fingerprint density at radius 3 is 1.13 bits per heavy atom. The Bertz CT molecular complexity index is 3550. The molecular weight excluding hydrogens is 755 g/mol. The maximum Gasteiger partial charge on any atom is 0.164 e. The minimum atomic E-state index is 0.639. The van der Waals surface area contributed by atoms with Gasteiger partial charge in [-0.15, -0.1) is 0 Å². The third kappa shape index (κ3) is 6.06. The summed E-state index contributed by atoms with van der Waals surface area (Å²) in [6.45, 7) is 0. The molecule has 5 heteroatoms. The molecule has 0 saturated carbocycles. The lowest BCUT2D eigenvalue weighted by Gasteiger charge is -2.12. The van der Waals surface area contributed by atoms with Gasteiger partial charge < -0.3 is 9.13 Å². The molecule has 0 aliphatic carbocycles. The van der Waals surface area contributed by atoms with Crippen LogP contribution in [-0.2, 0) is 0 Å². The van der Waals surface area contributed by atoms with Gasteiger partial charge in [0.2, 0.25) is 0 Å². The average Bonchev–Trinajstić information content (AvgIpc) is 3.87. The summed E-state index contributed by atoms with van der Waals surface area (Å²) >= 11 is 0. The van der Waals surface area contributed by atoms with Crippen molar-refractivity contribution in [3.05, 3.63) is 224 Å². The van der Waals surface area contributed by atoms with Gasteiger partial charge in [-0.25, -0.2) is 15.0 Å². The van der Waals surface area contributed by atoms with E-state index in [1.54, 1.807) is 0 Å². The van der Waals surface area contributed by atoms with E-state index in [1.165, 1.54) is 43.7 Å². The van der Waals surface area contributed by atoms with E-state index in [1.807, 2.05) is 60.7 Å². The highest BCUT2D eigenvalue weighted by atomic mass is 15.0. The number of hydrogen-bond donors (Lipinski definition) is 0. The van der Waals surface area contributed by atoms with Crippen LogP contribution in [0.15, 0.2) is 224 Å². The molecule has 0 fully saturated rings. The van der Waals surface area contributed by atoms with Crippen molar-refractivity contribution >= 4 is 43.6 Å². The number of benzene rings is 9. The van der Waals surface area contributed by atoms with Crippen molar-refractivity contribution in [3.63, 3.8) is 0 Å². The van der Waals surface area contributed by atoms with Gasteiger partial charge in [0, 0.05) is 49.6 Å². The molecule has 0 atom stereocenters. The van der Waals surface area contributed by atoms with Gasteiger partial charge in [0.05, 0.1) is 22.1 Å². The van der Waals surface area contributed by atoms with E-state index in [0.717, 1.165) is 50.3 Å². The molecule has 0 unspecified atom stereocenters. The first-order valence-corrected chi connectivity index (χ1v) is 20.9. The fraction of sp³-hybridized carbons (Fsp3) is 0. The van der Waals surface area contributed by atoms with Crippen molar-refractivity contribution in [1.29, 1.82) is 0 Å². The molecule has 3 heterocycles. The van der Waals surface area contributed by atoms with Crippen LogP contribution < -0.4 is 0 Å². The average molecular weight is 792 g/mol. The maximum atomic E-state index is 4.96. The number of nitrogens with zero attached hydrogens (tertiary/aromatic N) is 5. The van der Waals surface area contributed by atoms with Crippen molar-refractivity contribution in [1.82, 2.24) is 24.1 Å². The number of fused-ring (bicyclic) bond motifs is 6. The highest BCUT2D eigenvalue weighted by molar-refractivity contribution is 6.11. The molecule has 290 valence electrons. The Kier molecular flexibility index (Phi) is 8.42. The van der Waals surface area contributed by atoms with Gasteiger partial charge in [-0.05, 0) is 70.8 Å². The van der Waals surface area contributed by atoms with Crippen LogP contribution in [0.25, 0.3) is 111 Å². The Hall–Kier alpha value is -8.41. The highest BCUT2D eigenvalue weighted by Crippen LogP contribution is 2.38. The van der Waals surface area contributed by atoms with E-state index in [2.05, 4.69) is 173 Å². The summed E-state index contributed by atoms with van der Waals surface area (Å²) in [4.78, 5) is 14.8. The Morgan fingerprint density at radius 1 is 0.226 bits per heavy atom. The van der Waals surface area contributed by atoms with Gasteiger partial charge in [-0.1, -0.05) is 176 Å². The van der Waals surface area contributed by atoms with Crippen LogP contribution in [-0.4, -0.2) is 24.1 Å². The Labute approximate surface area is 358 Å². The molecule has 0 saturated heterocycles. The van der Waals surface area contributed by atoms with Gasteiger partial charge in [0.1, 0.15) is 0 Å². The molecule has 5 nitrogen and oxygen atoms in total. The van der Waals surface area contributed by atoms with Crippen molar-refractivity contribution in [2.24, 2.45) is 0 Å². The Balaban J connectivity index is 0.946. The lowest BCUT2D eigenvalue weighted by molar-refractivity contribution is 1.07. The first-order valence-electron chi connectivity index (χ1n) is 20.9. The molecule has 0 radical (unpaired) electrons. The van der Waals surface area contributed by atoms with Gasteiger partial charge in [0.15, 0.2) is 17.5 Å². The summed E-state index contributed by atoms with van der Waals surface area (Å²) < 4.78 is 4.79. The zero-order valence-electron chi connectivity index (χ0n) is 33.6. The minimum absolute atomic E-state index is 0.639. The van der Waals surface area contributed by atoms with Crippen molar-refractivity contribution in [3.8, 4) is 67.8 Å². The fourth-order valence-electron chi connectivity index (χ4n) is 9.01. The largest absolute Gasteiger partial charge is 0.309 e. The molecule has 12 aromatic rings. The predicted molar refractivity (Wildman–Crippen MR) is 256 cm³/mol. The van der Waals surface area contributed by atoms with Crippen LogP contribution in [0.4, 0.5) is 0 Å². The molecular formula is C57H37N5. The first kappa shape index (κ1) is 35.5. The van der Waals surface area contributed by atoms with Gasteiger partial charge in [-0.3, -0.25) is 0 Å². The molecule has 0 aliphatic heterocycles. The molecule has 0 N–H and O–H groups in total. The smallest absolute Gasteiger partial charge is 0.164 e. The molecule has 62 heavy (non-hydrogen) atoms. The van der Waals surface area contributed by atoms with Crippen molar-refractivity contribution in [2.75, 3.05) is 0 Å². The van der Waals surface area contributed by atoms with E-state index in [-0.39, 0.29) is 0 Å². The molecule has 0 spiro atoms. The van der Waals surface area contributed by atoms with Crippen LogP contribution >= 0.6 is 0 Å². The SMILES string of the molecule is c1ccc(-c2nc(-c3ccccc3)nc(-c3ccc(-c4ccc5c6ccccc6n(-c6cccc(-c7ccc8c9ccccc9n(-c9ccccc9)c8c7)c6)c5c4)cc3)n2)cc1. The van der Waals surface area contributed by atoms with Crippen LogP contribution in [0.1, 0.15) is 0 Å². The van der Waals surface area contributed by atoms with Crippen molar-refractivity contribution in [2.45, 2.75) is 0 Å². The Morgan fingerprint density at radius 2 is 0.581 bits per heavy atom. The van der Waals surface area contributed by atoms with E-state index in [4.69, 9.17) is 15.0 Å². The van der Waals surface area contributed by atoms with Gasteiger partial charge in [0.25, 0.3) is 0 Å². The van der Waals surface area contributed by atoms with Crippen molar-refractivity contribution < 1.29 is 0 Å². The molecule has 0 amide bonds. The first-order chi connectivity index (χ1) is 30.7. The summed E-state index contributed by atoms with van der Waals surface area (Å²) in [6.07, 6.45) is 0. The summed E-state index contributed by atoms with van der Waals surface area (Å²) in [7, 11) is 0. The second-order valence-corrected chi connectivity index (χ2v) is 15.7. The second-order valence-electron chi connectivity index (χ2n) is 15.7. The molecule has 3 aromatic heterocycles. The third-order valence-corrected chi connectivity index (χ3v) is 12.0. The van der Waals surface area contributed by atoms with Gasteiger partial charge >= 0.3 is 0 Å². The van der Waals surface area contributed by atoms with E-state index in [9.17, 15) is 0 Å². The zero-order valence-corrected chi connectivity index (χ0v) is 33.6. The summed E-state index contributed by atoms with van der Waals surface area (Å²) in [5, 5.41) is 4.94. The predicted octanol–water partition coefficient (Wildman–Crippen LogP) is 14.4. The zero-order chi connectivity index (χ0) is 41.0. The molecule has 12 rings (SSSR count). The minimum Gasteiger partial charge on any atom is -0.309 e. The quantitative estimate of drug-likeness (QED) is 0.162. The number of hydrogen-bond acceptors (Lipinski definition) is 3. The molecule has 0 bridgehead atoms. The van der Waals surface area contributed by atoms with Crippen LogP contribution in [0, 0.1) is 0 Å². The lowest BCUT2D eigenvalue weighted by atomic mass is 10.0. The summed E-state index contributed by atoms with van der Waals surface area (Å²) in [5.41, 5.74) is 14.4. The molecule has 9 aromatic carbocycles. The van der Waals surface area contributed by atoms with E-state index >= 15 is 0 Å². The van der Waals surface area contributed by atoms with Crippen LogP contribution in [0.3, 0.4) is 0 Å². The van der Waals surface area contributed by atoms with Crippen LogP contribution in [0.5, 0.6) is 0 Å². The second kappa shape index (κ2) is 14.7. The number of aromatic nitrogens is 5. The topological polar surface area (TPSA) is 48.5 Å². The standard InChI is InChI=1S/C57H37N5/c1-4-15-39(16-5-1)55-58-56(40-17-6-2-7-18-40)60-57(59-55)41-29-27-38(28-30-41)43-31-33-50-48-24-11-13-26-52(48)62(54(50)36-43)46-22-14-19-42(35-46)44-32-34-49-47-23-10-12-25-51(47)61(53(49)37-44)45-20-8-3-9-21-45/h1-37H. The van der Waals surface area contributed by atoms with Gasteiger partial charge in [-0.2, -0.15) is 0 Å². The lowest BCUT2D eigenvalue weighted by Crippen LogP contribution is -2.00. The van der Waals surface area contributed by atoms with Crippen LogP contribution in [0.2, 0.25) is 0 Å². The number of rotatable bonds is 7.